The summed E-state index contributed by atoms with van der Waals surface area (Å²) < 4.78 is 0. The van der Waals surface area contributed by atoms with E-state index in [0.717, 1.165) is 6.20 Å². The van der Waals surface area contributed by atoms with Crippen LogP contribution in [0, 0.1) is 5.92 Å². The zero-order valence-electron chi connectivity index (χ0n) is 9.74. The van der Waals surface area contributed by atoms with Crippen molar-refractivity contribution in [3.05, 3.63) is 32.6 Å². The van der Waals surface area contributed by atoms with Crippen LogP contribution in [0.15, 0.2) is 15.8 Å². The molecule has 0 spiro atoms. The molecule has 7 heteroatoms. The topological polar surface area (TPSA) is 121 Å². The lowest BCUT2D eigenvalue weighted by Crippen LogP contribution is -2.42. The fraction of sp³-hybridized carbons (Fsp3) is 0.500. The fourth-order valence-corrected chi connectivity index (χ4v) is 1.12. The normalized spacial score (nSPS) is 12.5. The molecule has 0 aliphatic rings. The predicted octanol–water partition coefficient (Wildman–Crippen LogP) is -1.22. The Morgan fingerprint density at radius 1 is 1.47 bits per heavy atom. The monoisotopic (exact) mass is 240 g/mol. The summed E-state index contributed by atoms with van der Waals surface area (Å²) in [6.45, 7) is 4.14. The van der Waals surface area contributed by atoms with Crippen LogP contribution >= 0.6 is 0 Å². The molecule has 0 saturated heterocycles. The van der Waals surface area contributed by atoms with Crippen LogP contribution in [0.1, 0.15) is 24.2 Å². The van der Waals surface area contributed by atoms with Gasteiger partial charge in [0.25, 0.3) is 11.5 Å². The van der Waals surface area contributed by atoms with Gasteiger partial charge in [0.2, 0.25) is 0 Å². The van der Waals surface area contributed by atoms with Gasteiger partial charge in [-0.2, -0.15) is 0 Å². The van der Waals surface area contributed by atoms with Crippen LogP contribution in [0.2, 0.25) is 0 Å². The summed E-state index contributed by atoms with van der Waals surface area (Å²) in [6, 6.07) is -0.180. The van der Waals surface area contributed by atoms with E-state index in [1.54, 1.807) is 0 Å². The Morgan fingerprint density at radius 2 is 2.12 bits per heavy atom. The van der Waals surface area contributed by atoms with Gasteiger partial charge in [-0.15, -0.1) is 0 Å². The number of aromatic nitrogens is 2. The minimum Gasteiger partial charge on any atom is -0.350 e. The number of H-pyrrole nitrogens is 2. The third kappa shape index (κ3) is 3.56. The molecule has 0 radical (unpaired) electrons. The van der Waals surface area contributed by atoms with E-state index < -0.39 is 17.2 Å². The van der Waals surface area contributed by atoms with Gasteiger partial charge in [-0.1, -0.05) is 13.8 Å². The third-order valence-corrected chi connectivity index (χ3v) is 2.42. The van der Waals surface area contributed by atoms with E-state index in [-0.39, 0.29) is 24.1 Å². The van der Waals surface area contributed by atoms with Gasteiger partial charge < -0.3 is 16.0 Å². The quantitative estimate of drug-likeness (QED) is 0.527. The summed E-state index contributed by atoms with van der Waals surface area (Å²) in [5.41, 5.74) is 4.24. The highest BCUT2D eigenvalue weighted by atomic mass is 16.2. The van der Waals surface area contributed by atoms with Gasteiger partial charge in [0.15, 0.2) is 0 Å². The molecule has 0 bridgehead atoms. The molecular weight excluding hydrogens is 224 g/mol. The number of nitrogens with two attached hydrogens (primary N) is 1. The Hall–Kier alpha value is -1.89. The Kier molecular flexibility index (Phi) is 4.22. The number of rotatable bonds is 4. The molecule has 0 fully saturated rings. The molecule has 1 aromatic heterocycles. The molecule has 0 aromatic carbocycles. The molecule has 0 saturated carbocycles. The van der Waals surface area contributed by atoms with Gasteiger partial charge in [-0.25, -0.2) is 4.79 Å². The molecule has 1 unspecified atom stereocenters. The molecule has 5 N–H and O–H groups in total. The first kappa shape index (κ1) is 13.2. The molecular formula is C10H16N4O3. The highest BCUT2D eigenvalue weighted by molar-refractivity contribution is 5.93. The first-order chi connectivity index (χ1) is 7.91. The number of carbonyl (C=O) groups is 1. The van der Waals surface area contributed by atoms with Crippen molar-refractivity contribution in [2.24, 2.45) is 11.7 Å². The molecule has 0 aliphatic carbocycles. The van der Waals surface area contributed by atoms with Crippen LogP contribution in [0.25, 0.3) is 0 Å². The Bertz CT molecular complexity index is 503. The largest absolute Gasteiger partial charge is 0.350 e. The van der Waals surface area contributed by atoms with Crippen molar-refractivity contribution in [1.29, 1.82) is 0 Å². The SMILES string of the molecule is CC(C)C(N)CNC(=O)c1c[nH]c(=O)[nH]c1=O. The summed E-state index contributed by atoms with van der Waals surface area (Å²) >= 11 is 0. The second-order valence-corrected chi connectivity index (χ2v) is 4.10. The lowest BCUT2D eigenvalue weighted by Gasteiger charge is -2.15. The van der Waals surface area contributed by atoms with Crippen molar-refractivity contribution in [3.63, 3.8) is 0 Å². The maximum absolute atomic E-state index is 11.6. The van der Waals surface area contributed by atoms with E-state index in [2.05, 4.69) is 10.3 Å². The van der Waals surface area contributed by atoms with Gasteiger partial charge in [0, 0.05) is 18.8 Å². The zero-order chi connectivity index (χ0) is 13.0. The van der Waals surface area contributed by atoms with Crippen LogP contribution < -0.4 is 22.3 Å². The number of nitrogens with one attached hydrogen (secondary N) is 3. The Morgan fingerprint density at radius 3 is 2.65 bits per heavy atom. The summed E-state index contributed by atoms with van der Waals surface area (Å²) in [5.74, 6) is -0.331. The van der Waals surface area contributed by atoms with Gasteiger partial charge in [-0.05, 0) is 5.92 Å². The first-order valence-electron chi connectivity index (χ1n) is 5.27. The smallest absolute Gasteiger partial charge is 0.325 e. The minimum absolute atomic E-state index is 0.138. The average Bonchev–Trinajstić information content (AvgIpc) is 2.25. The second kappa shape index (κ2) is 5.44. The molecule has 1 heterocycles. The number of aromatic amines is 2. The number of hydrogen-bond acceptors (Lipinski definition) is 4. The lowest BCUT2D eigenvalue weighted by atomic mass is 10.1. The van der Waals surface area contributed by atoms with E-state index in [1.807, 2.05) is 18.8 Å². The molecule has 1 rings (SSSR count). The summed E-state index contributed by atoms with van der Waals surface area (Å²) in [7, 11) is 0. The first-order valence-corrected chi connectivity index (χ1v) is 5.27. The molecule has 0 aliphatic heterocycles. The maximum Gasteiger partial charge on any atom is 0.325 e. The van der Waals surface area contributed by atoms with Crippen LogP contribution in [0.3, 0.4) is 0 Å². The van der Waals surface area contributed by atoms with E-state index in [9.17, 15) is 14.4 Å². The van der Waals surface area contributed by atoms with Crippen LogP contribution in [0.5, 0.6) is 0 Å². The van der Waals surface area contributed by atoms with Gasteiger partial charge in [-0.3, -0.25) is 14.6 Å². The van der Waals surface area contributed by atoms with Crippen molar-refractivity contribution in [2.45, 2.75) is 19.9 Å². The average molecular weight is 240 g/mol. The highest BCUT2D eigenvalue weighted by Gasteiger charge is 2.13. The van der Waals surface area contributed by atoms with E-state index in [1.165, 1.54) is 0 Å². The minimum atomic E-state index is -0.718. The van der Waals surface area contributed by atoms with Gasteiger partial charge in [0.05, 0.1) is 0 Å². The Balaban J connectivity index is 2.71. The molecule has 7 nitrogen and oxygen atoms in total. The van der Waals surface area contributed by atoms with Crippen molar-refractivity contribution < 1.29 is 4.79 Å². The van der Waals surface area contributed by atoms with Crippen molar-refractivity contribution >= 4 is 5.91 Å². The standard InChI is InChI=1S/C10H16N4O3/c1-5(2)7(11)4-12-8(15)6-3-13-10(17)14-9(6)16/h3,5,7H,4,11H2,1-2H3,(H,12,15)(H2,13,14,16,17). The Labute approximate surface area is 97.4 Å². The predicted molar refractivity (Wildman–Crippen MR) is 62.8 cm³/mol. The highest BCUT2D eigenvalue weighted by Crippen LogP contribution is 1.96. The zero-order valence-corrected chi connectivity index (χ0v) is 9.74. The molecule has 1 atom stereocenters. The van der Waals surface area contributed by atoms with E-state index >= 15 is 0 Å². The van der Waals surface area contributed by atoms with Crippen molar-refractivity contribution in [1.82, 2.24) is 15.3 Å². The van der Waals surface area contributed by atoms with Gasteiger partial charge >= 0.3 is 5.69 Å². The van der Waals surface area contributed by atoms with Crippen molar-refractivity contribution in [2.75, 3.05) is 6.54 Å². The van der Waals surface area contributed by atoms with Crippen molar-refractivity contribution in [3.8, 4) is 0 Å². The van der Waals surface area contributed by atoms with Gasteiger partial charge in [0.1, 0.15) is 5.56 Å². The van der Waals surface area contributed by atoms with Crippen LogP contribution in [-0.2, 0) is 0 Å². The number of carbonyl (C=O) groups excluding carboxylic acids is 1. The fourth-order valence-electron chi connectivity index (χ4n) is 1.12. The number of amides is 1. The van der Waals surface area contributed by atoms with E-state index in [0.29, 0.717) is 0 Å². The summed E-state index contributed by atoms with van der Waals surface area (Å²) in [6.07, 6.45) is 1.08. The summed E-state index contributed by atoms with van der Waals surface area (Å²) in [4.78, 5) is 37.8. The third-order valence-electron chi connectivity index (χ3n) is 2.42. The van der Waals surface area contributed by atoms with E-state index in [4.69, 9.17) is 5.73 Å². The van der Waals surface area contributed by atoms with Crippen LogP contribution in [-0.4, -0.2) is 28.5 Å². The second-order valence-electron chi connectivity index (χ2n) is 4.10. The molecule has 17 heavy (non-hydrogen) atoms. The number of hydrogen-bond donors (Lipinski definition) is 4. The molecule has 94 valence electrons. The lowest BCUT2D eigenvalue weighted by molar-refractivity contribution is 0.0947. The maximum atomic E-state index is 11.6. The van der Waals surface area contributed by atoms with Crippen LogP contribution in [0.4, 0.5) is 0 Å². The molecule has 1 aromatic rings. The summed E-state index contributed by atoms with van der Waals surface area (Å²) in [5, 5.41) is 2.53. The molecule has 1 amide bonds.